The lowest BCUT2D eigenvalue weighted by Gasteiger charge is -2.31. The number of esters is 1. The number of ether oxygens (including phenoxy) is 2. The first-order valence-electron chi connectivity index (χ1n) is 24.9. The molecule has 8 N–H and O–H groups in total. The predicted molar refractivity (Wildman–Crippen MR) is 272 cm³/mol. The Morgan fingerprint density at radius 3 is 2.22 bits per heavy atom. The molecule has 0 saturated heterocycles. The number of para-hydroxylation sites is 1. The number of nitrogens with zero attached hydrogens (tertiary/aromatic N) is 3. The van der Waals surface area contributed by atoms with Crippen molar-refractivity contribution in [3.63, 3.8) is 0 Å². The highest BCUT2D eigenvalue weighted by Gasteiger charge is 2.45. The third kappa shape index (κ3) is 10.7. The first-order valence-corrected chi connectivity index (χ1v) is 24.9. The molecule has 0 radical (unpaired) electrons. The number of carbonyl (C=O) groups is 7. The molecule has 0 bridgehead atoms. The van der Waals surface area contributed by atoms with Crippen molar-refractivity contribution in [1.29, 1.82) is 0 Å². The maximum atomic E-state index is 13.9. The topological polar surface area (TPSA) is 282 Å². The van der Waals surface area contributed by atoms with E-state index >= 15 is 0 Å². The monoisotopic (exact) mass is 1010 g/mol. The maximum Gasteiger partial charge on any atom is 0.407 e. The Balaban J connectivity index is 0.879. The molecule has 0 spiro atoms. The van der Waals surface area contributed by atoms with E-state index < -0.39 is 77.6 Å². The molecule has 74 heavy (non-hydrogen) atoms. The van der Waals surface area contributed by atoms with Gasteiger partial charge < -0.3 is 56.4 Å². The summed E-state index contributed by atoms with van der Waals surface area (Å²) >= 11 is 0. The molecule has 3 aromatic carbocycles. The number of nitrogens with one attached hydrogen (secondary N) is 5. The Morgan fingerprint density at radius 1 is 0.865 bits per heavy atom. The summed E-state index contributed by atoms with van der Waals surface area (Å²) in [6, 6.07) is 20.8. The van der Waals surface area contributed by atoms with Gasteiger partial charge in [0.15, 0.2) is 5.60 Å². The largest absolute Gasteiger partial charge is 0.458 e. The molecular formula is C54H61N9O11. The molecular weight excluding hydrogens is 951 g/mol. The minimum atomic E-state index is -1.98. The smallest absolute Gasteiger partial charge is 0.407 e. The van der Waals surface area contributed by atoms with Crippen LogP contribution in [0.4, 0.5) is 9.59 Å². The van der Waals surface area contributed by atoms with Gasteiger partial charge in [0.1, 0.15) is 31.3 Å². The van der Waals surface area contributed by atoms with Crippen LogP contribution >= 0.6 is 0 Å². The Labute approximate surface area is 426 Å². The van der Waals surface area contributed by atoms with Gasteiger partial charge in [0.25, 0.3) is 5.56 Å². The number of fused-ring (bicyclic) bond motifs is 8. The van der Waals surface area contributed by atoms with Gasteiger partial charge >= 0.3 is 18.1 Å². The average molecular weight is 1010 g/mol. The van der Waals surface area contributed by atoms with Crippen LogP contribution < -0.4 is 37.9 Å². The zero-order valence-corrected chi connectivity index (χ0v) is 41.7. The van der Waals surface area contributed by atoms with Crippen LogP contribution in [-0.2, 0) is 58.6 Å². The lowest BCUT2D eigenvalue weighted by molar-refractivity contribution is -0.172. The number of unbranched alkanes of at least 4 members (excludes halogenated alkanes) is 1. The number of primary amides is 1. The molecule has 20 heteroatoms. The van der Waals surface area contributed by atoms with E-state index in [0.717, 1.165) is 38.8 Å². The molecule has 8 rings (SSSR count). The lowest BCUT2D eigenvalue weighted by atomic mass is 9.86. The first-order chi connectivity index (χ1) is 35.5. The number of nitrogens with two attached hydrogens (primary N) is 1. The SMILES string of the molecule is CCN(CCc1c2c(nc3ccccc13)-c1cc3c(c(=O)n1C2)COC(=O)[C@]3(O)CC)C(=O)CNC(=O)[C@H](CCCCNC(N)=O)NC(=O)[C@H](C)NC(=O)[C@H](C)NC(=O)OCC1c2ccccc2-c2ccccc21. The second-order valence-electron chi connectivity index (χ2n) is 18.7. The van der Waals surface area contributed by atoms with Crippen molar-refractivity contribution in [1.82, 2.24) is 41.0 Å². The van der Waals surface area contributed by atoms with Crippen molar-refractivity contribution in [3.8, 4) is 22.5 Å². The average Bonchev–Trinajstić information content (AvgIpc) is 3.93. The van der Waals surface area contributed by atoms with Crippen molar-refractivity contribution < 1.29 is 48.1 Å². The number of rotatable bonds is 20. The van der Waals surface area contributed by atoms with Gasteiger partial charge in [-0.3, -0.25) is 24.0 Å². The summed E-state index contributed by atoms with van der Waals surface area (Å²) in [7, 11) is 0. The van der Waals surface area contributed by atoms with Crippen molar-refractivity contribution >= 4 is 52.6 Å². The second-order valence-corrected chi connectivity index (χ2v) is 18.7. The lowest BCUT2D eigenvalue weighted by Crippen LogP contribution is -2.56. The van der Waals surface area contributed by atoms with Crippen LogP contribution in [0.5, 0.6) is 0 Å². The molecule has 2 aliphatic heterocycles. The van der Waals surface area contributed by atoms with Gasteiger partial charge in [-0.15, -0.1) is 0 Å². The van der Waals surface area contributed by atoms with Gasteiger partial charge in [-0.25, -0.2) is 19.4 Å². The van der Waals surface area contributed by atoms with E-state index in [9.17, 15) is 43.5 Å². The third-order valence-corrected chi connectivity index (χ3v) is 14.2. The molecule has 5 aromatic rings. The van der Waals surface area contributed by atoms with Gasteiger partial charge in [-0.05, 0) is 92.8 Å². The van der Waals surface area contributed by atoms with Crippen LogP contribution in [0.25, 0.3) is 33.4 Å². The van der Waals surface area contributed by atoms with Gasteiger partial charge in [-0.1, -0.05) is 73.7 Å². The molecule has 2 aromatic heterocycles. The fourth-order valence-corrected chi connectivity index (χ4v) is 10.0. The minimum Gasteiger partial charge on any atom is -0.458 e. The fourth-order valence-electron chi connectivity index (χ4n) is 10.0. The summed E-state index contributed by atoms with van der Waals surface area (Å²) < 4.78 is 12.4. The Bertz CT molecular complexity index is 3060. The molecule has 3 aliphatic rings. The number of pyridine rings is 2. The number of alkyl carbamates (subject to hydrolysis) is 1. The summed E-state index contributed by atoms with van der Waals surface area (Å²) in [5.74, 6) is -3.43. The molecule has 4 heterocycles. The van der Waals surface area contributed by atoms with Crippen LogP contribution in [0, 0.1) is 0 Å². The Morgan fingerprint density at radius 2 is 1.53 bits per heavy atom. The number of hydrogen-bond acceptors (Lipinski definition) is 12. The fraction of sp³-hybridized carbons (Fsp3) is 0.389. The van der Waals surface area contributed by atoms with E-state index in [4.69, 9.17) is 20.2 Å². The highest BCUT2D eigenvalue weighted by Crippen LogP contribution is 2.45. The first kappa shape index (κ1) is 52.2. The van der Waals surface area contributed by atoms with Crippen molar-refractivity contribution in [2.75, 3.05) is 32.8 Å². The maximum absolute atomic E-state index is 13.9. The highest BCUT2D eigenvalue weighted by molar-refractivity contribution is 5.95. The molecule has 1 aliphatic carbocycles. The predicted octanol–water partition coefficient (Wildman–Crippen LogP) is 3.34. The summed E-state index contributed by atoms with van der Waals surface area (Å²) in [5.41, 5.74) is 10.7. The molecule has 388 valence electrons. The number of benzene rings is 3. The molecule has 4 atom stereocenters. The van der Waals surface area contributed by atoms with Crippen LogP contribution in [0.1, 0.15) is 92.7 Å². The van der Waals surface area contributed by atoms with E-state index in [0.29, 0.717) is 36.2 Å². The second kappa shape index (κ2) is 22.3. The van der Waals surface area contributed by atoms with Crippen LogP contribution in [0.15, 0.2) is 83.7 Å². The summed E-state index contributed by atoms with van der Waals surface area (Å²) in [6.45, 7) is 6.60. The van der Waals surface area contributed by atoms with E-state index in [1.807, 2.05) is 72.8 Å². The summed E-state index contributed by atoms with van der Waals surface area (Å²) in [6.07, 6.45) is 0.434. The van der Waals surface area contributed by atoms with Crippen molar-refractivity contribution in [2.24, 2.45) is 5.73 Å². The van der Waals surface area contributed by atoms with Gasteiger partial charge in [0.2, 0.25) is 23.6 Å². The summed E-state index contributed by atoms with van der Waals surface area (Å²) in [4.78, 5) is 112. The van der Waals surface area contributed by atoms with Gasteiger partial charge in [0.05, 0.1) is 35.6 Å². The zero-order valence-electron chi connectivity index (χ0n) is 41.7. The van der Waals surface area contributed by atoms with Gasteiger partial charge in [-0.2, -0.15) is 0 Å². The number of amides is 7. The van der Waals surface area contributed by atoms with E-state index in [-0.39, 0.29) is 69.3 Å². The molecule has 0 fully saturated rings. The van der Waals surface area contributed by atoms with Crippen molar-refractivity contribution in [2.45, 2.75) is 103 Å². The van der Waals surface area contributed by atoms with Gasteiger partial charge in [0, 0.05) is 42.1 Å². The standard InChI is InChI=1S/C54H61N9O11/c1-5-54(72)41-25-44-46-38(27-63(44)50(68)40(41)29-73-51(54)69)36(37-19-11-12-20-42(37)60-46)22-24-62(6-2)45(64)26-57-49(67)43(21-13-14-23-56-52(55)70)61-48(66)30(3)58-47(65)31(4)59-53(71)74-28-39-34-17-9-7-15-32(34)33-16-8-10-18-35(33)39/h7-12,15-20,25,30-31,39,43,72H,5-6,13-14,21-24,26-29H2,1-4H3,(H,57,67)(H,58,65)(H,59,71)(H,61,66)(H3,55,56,70)/t30-,31-,43-,54-/m0/s1. The number of aliphatic hydroxyl groups is 1. The van der Waals surface area contributed by atoms with Crippen LogP contribution in [0.2, 0.25) is 0 Å². The van der Waals surface area contributed by atoms with Crippen LogP contribution in [0.3, 0.4) is 0 Å². The quantitative estimate of drug-likeness (QED) is 0.0429. The minimum absolute atomic E-state index is 0.00456. The molecule has 20 nitrogen and oxygen atoms in total. The normalized spacial score (nSPS) is 16.2. The number of cyclic esters (lactones) is 1. The van der Waals surface area contributed by atoms with E-state index in [2.05, 4.69) is 26.6 Å². The highest BCUT2D eigenvalue weighted by atomic mass is 16.6. The number of urea groups is 1. The molecule has 7 amide bonds. The number of likely N-dealkylation sites (N-methyl/N-ethyl adjacent to an activating group) is 1. The molecule has 0 unspecified atom stereocenters. The summed E-state index contributed by atoms with van der Waals surface area (Å²) in [5, 5.41) is 25.1. The zero-order chi connectivity index (χ0) is 52.8. The number of hydrogen-bond donors (Lipinski definition) is 7. The van der Waals surface area contributed by atoms with Crippen molar-refractivity contribution in [3.05, 3.63) is 123 Å². The van der Waals surface area contributed by atoms with Crippen LogP contribution in [-0.4, -0.2) is 112 Å². The van der Waals surface area contributed by atoms with E-state index in [1.54, 1.807) is 29.4 Å². The third-order valence-electron chi connectivity index (χ3n) is 14.2. The Kier molecular flexibility index (Phi) is 15.7. The molecule has 0 saturated carbocycles. The number of aromatic nitrogens is 2. The van der Waals surface area contributed by atoms with E-state index in [1.165, 1.54) is 13.8 Å². The Hall–Kier alpha value is -8.13. The number of carbonyl (C=O) groups excluding carboxylic acids is 7.